The van der Waals surface area contributed by atoms with Gasteiger partial charge in [0, 0.05) is 17.1 Å². The highest BCUT2D eigenvalue weighted by Crippen LogP contribution is 2.32. The Morgan fingerprint density at radius 1 is 1.04 bits per heavy atom. The first kappa shape index (κ1) is 16.2. The van der Waals surface area contributed by atoms with E-state index in [1.165, 1.54) is 0 Å². The summed E-state index contributed by atoms with van der Waals surface area (Å²) in [5.41, 5.74) is 3.32. The number of rotatable bonds is 4. The highest BCUT2D eigenvalue weighted by Gasteiger charge is 2.21. The van der Waals surface area contributed by atoms with Crippen molar-refractivity contribution in [1.82, 2.24) is 4.40 Å². The summed E-state index contributed by atoms with van der Waals surface area (Å²) in [7, 11) is 1.64. The first-order valence-electron chi connectivity index (χ1n) is 8.57. The van der Waals surface area contributed by atoms with E-state index in [4.69, 9.17) is 9.47 Å². The molecule has 0 radical (unpaired) electrons. The van der Waals surface area contributed by atoms with Crippen molar-refractivity contribution in [2.45, 2.75) is 6.92 Å². The van der Waals surface area contributed by atoms with Gasteiger partial charge in [-0.2, -0.15) is 0 Å². The Bertz CT molecular complexity index is 1090. The molecule has 0 fully saturated rings. The molecule has 0 bridgehead atoms. The number of hydrogen-bond acceptors (Lipinski definition) is 3. The van der Waals surface area contributed by atoms with E-state index in [0.717, 1.165) is 33.2 Å². The second-order valence-corrected chi connectivity index (χ2v) is 6.01. The van der Waals surface area contributed by atoms with Crippen LogP contribution < -0.4 is 4.74 Å². The molecule has 2 aromatic heterocycles. The van der Waals surface area contributed by atoms with Gasteiger partial charge in [-0.05, 0) is 42.1 Å². The van der Waals surface area contributed by atoms with E-state index in [2.05, 4.69) is 18.2 Å². The van der Waals surface area contributed by atoms with Crippen molar-refractivity contribution >= 4 is 22.3 Å². The fourth-order valence-electron chi connectivity index (χ4n) is 3.32. The molecule has 26 heavy (non-hydrogen) atoms. The van der Waals surface area contributed by atoms with Crippen LogP contribution in [0.1, 0.15) is 17.4 Å². The van der Waals surface area contributed by atoms with Gasteiger partial charge in [0.05, 0.1) is 19.2 Å². The number of methoxy groups -OCH3 is 1. The Kier molecular flexibility index (Phi) is 4.09. The van der Waals surface area contributed by atoms with Crippen LogP contribution in [-0.4, -0.2) is 24.1 Å². The molecule has 0 unspecified atom stereocenters. The van der Waals surface area contributed by atoms with Gasteiger partial charge in [-0.15, -0.1) is 0 Å². The van der Waals surface area contributed by atoms with Gasteiger partial charge in [0.1, 0.15) is 11.4 Å². The standard InChI is InChI=1S/C22H19NO3/c1-3-26-22(24)21-19(16-8-10-17(25-2)11-9-16)14-20-18-7-5-4-6-15(18)12-13-23(20)21/h4-14H,3H2,1-2H3. The van der Waals surface area contributed by atoms with E-state index < -0.39 is 0 Å². The van der Waals surface area contributed by atoms with Crippen molar-refractivity contribution in [3.63, 3.8) is 0 Å². The lowest BCUT2D eigenvalue weighted by Gasteiger charge is -2.08. The highest BCUT2D eigenvalue weighted by molar-refractivity contribution is 6.04. The monoisotopic (exact) mass is 345 g/mol. The van der Waals surface area contributed by atoms with E-state index in [1.54, 1.807) is 7.11 Å². The number of ether oxygens (including phenoxy) is 2. The molecule has 0 atom stereocenters. The van der Waals surface area contributed by atoms with E-state index in [0.29, 0.717) is 12.3 Å². The third kappa shape index (κ3) is 2.60. The molecule has 0 aliphatic carbocycles. The molecule has 4 aromatic rings. The molecular formula is C22H19NO3. The molecule has 0 aliphatic heterocycles. The molecule has 0 amide bonds. The van der Waals surface area contributed by atoms with Gasteiger partial charge in [0.25, 0.3) is 0 Å². The number of carbonyl (C=O) groups excluding carboxylic acids is 1. The minimum absolute atomic E-state index is 0.325. The average molecular weight is 345 g/mol. The molecule has 0 spiro atoms. The molecule has 4 nitrogen and oxygen atoms in total. The summed E-state index contributed by atoms with van der Waals surface area (Å²) in [5, 5.41) is 2.23. The maximum atomic E-state index is 12.7. The molecular weight excluding hydrogens is 326 g/mol. The number of hydrogen-bond donors (Lipinski definition) is 0. The van der Waals surface area contributed by atoms with Crippen LogP contribution in [0.15, 0.2) is 66.9 Å². The van der Waals surface area contributed by atoms with Crippen LogP contribution in [0.2, 0.25) is 0 Å². The first-order chi connectivity index (χ1) is 12.7. The summed E-state index contributed by atoms with van der Waals surface area (Å²) < 4.78 is 12.5. The fraction of sp³-hybridized carbons (Fsp3) is 0.136. The summed E-state index contributed by atoms with van der Waals surface area (Å²) in [5.74, 6) is 0.453. The van der Waals surface area contributed by atoms with Crippen molar-refractivity contribution < 1.29 is 14.3 Å². The van der Waals surface area contributed by atoms with Crippen molar-refractivity contribution in [1.29, 1.82) is 0 Å². The van der Waals surface area contributed by atoms with Gasteiger partial charge in [-0.1, -0.05) is 36.4 Å². The molecule has 2 aromatic carbocycles. The Balaban J connectivity index is 2.01. The zero-order chi connectivity index (χ0) is 18.1. The Morgan fingerprint density at radius 2 is 1.81 bits per heavy atom. The van der Waals surface area contributed by atoms with Gasteiger partial charge in [0.15, 0.2) is 0 Å². The van der Waals surface area contributed by atoms with Crippen LogP contribution in [0, 0.1) is 0 Å². The van der Waals surface area contributed by atoms with Gasteiger partial charge in [0.2, 0.25) is 0 Å². The van der Waals surface area contributed by atoms with Gasteiger partial charge in [-0.25, -0.2) is 4.79 Å². The molecule has 0 aliphatic rings. The molecule has 4 heteroatoms. The third-order valence-corrected chi connectivity index (χ3v) is 4.55. The largest absolute Gasteiger partial charge is 0.497 e. The average Bonchev–Trinajstić information content (AvgIpc) is 3.08. The second kappa shape index (κ2) is 6.56. The first-order valence-corrected chi connectivity index (χ1v) is 8.57. The number of benzene rings is 2. The van der Waals surface area contributed by atoms with Crippen molar-refractivity contribution in [3.8, 4) is 16.9 Å². The van der Waals surface area contributed by atoms with Crippen LogP contribution in [0.5, 0.6) is 5.75 Å². The van der Waals surface area contributed by atoms with E-state index in [9.17, 15) is 4.79 Å². The lowest BCUT2D eigenvalue weighted by Crippen LogP contribution is -2.09. The van der Waals surface area contributed by atoms with E-state index in [-0.39, 0.29) is 5.97 Å². The van der Waals surface area contributed by atoms with Crippen molar-refractivity contribution in [3.05, 3.63) is 72.6 Å². The Labute approximate surface area is 151 Å². The predicted octanol–water partition coefficient (Wildman–Crippen LogP) is 4.94. The quantitative estimate of drug-likeness (QED) is 0.492. The van der Waals surface area contributed by atoms with Gasteiger partial charge in [-0.3, -0.25) is 0 Å². The number of fused-ring (bicyclic) bond motifs is 3. The fourth-order valence-corrected chi connectivity index (χ4v) is 3.32. The smallest absolute Gasteiger partial charge is 0.355 e. The van der Waals surface area contributed by atoms with E-state index in [1.807, 2.05) is 60.0 Å². The summed E-state index contributed by atoms with van der Waals surface area (Å²) >= 11 is 0. The van der Waals surface area contributed by atoms with Gasteiger partial charge < -0.3 is 13.9 Å². The number of pyridine rings is 1. The van der Waals surface area contributed by atoms with E-state index >= 15 is 0 Å². The van der Waals surface area contributed by atoms with Crippen LogP contribution in [0.3, 0.4) is 0 Å². The number of nitrogens with zero attached hydrogens (tertiary/aromatic N) is 1. The predicted molar refractivity (Wildman–Crippen MR) is 103 cm³/mol. The maximum absolute atomic E-state index is 12.7. The molecule has 130 valence electrons. The molecule has 0 saturated heterocycles. The number of carbonyl (C=O) groups is 1. The molecule has 2 heterocycles. The number of aromatic nitrogens is 1. The van der Waals surface area contributed by atoms with Crippen LogP contribution in [-0.2, 0) is 4.74 Å². The third-order valence-electron chi connectivity index (χ3n) is 4.55. The van der Waals surface area contributed by atoms with Crippen LogP contribution >= 0.6 is 0 Å². The highest BCUT2D eigenvalue weighted by atomic mass is 16.5. The normalized spacial score (nSPS) is 11.0. The zero-order valence-electron chi connectivity index (χ0n) is 14.7. The lowest BCUT2D eigenvalue weighted by atomic mass is 10.1. The number of esters is 1. The molecule has 4 rings (SSSR count). The van der Waals surface area contributed by atoms with Crippen molar-refractivity contribution in [2.24, 2.45) is 0 Å². The molecule has 0 saturated carbocycles. The maximum Gasteiger partial charge on any atom is 0.355 e. The minimum Gasteiger partial charge on any atom is -0.497 e. The molecule has 0 N–H and O–H groups in total. The van der Waals surface area contributed by atoms with Gasteiger partial charge >= 0.3 is 5.97 Å². The lowest BCUT2D eigenvalue weighted by molar-refractivity contribution is 0.0519. The van der Waals surface area contributed by atoms with Crippen LogP contribution in [0.25, 0.3) is 27.4 Å². The summed E-state index contributed by atoms with van der Waals surface area (Å²) in [4.78, 5) is 12.7. The van der Waals surface area contributed by atoms with Crippen LogP contribution in [0.4, 0.5) is 0 Å². The summed E-state index contributed by atoms with van der Waals surface area (Å²) in [6.45, 7) is 2.15. The second-order valence-electron chi connectivity index (χ2n) is 6.01. The van der Waals surface area contributed by atoms with Crippen molar-refractivity contribution in [2.75, 3.05) is 13.7 Å². The minimum atomic E-state index is -0.325. The zero-order valence-corrected chi connectivity index (χ0v) is 14.7. The Hall–Kier alpha value is -3.27. The Morgan fingerprint density at radius 3 is 2.54 bits per heavy atom. The summed E-state index contributed by atoms with van der Waals surface area (Å²) in [6.07, 6.45) is 1.93. The topological polar surface area (TPSA) is 39.9 Å². The SMILES string of the molecule is CCOC(=O)c1c(-c2ccc(OC)cc2)cc2c3ccccc3ccn12. The summed E-state index contributed by atoms with van der Waals surface area (Å²) in [6, 6.07) is 19.9.